The van der Waals surface area contributed by atoms with Crippen molar-refractivity contribution in [2.75, 3.05) is 19.8 Å². The molecular formula is C19H24N2O6. The van der Waals surface area contributed by atoms with Gasteiger partial charge in [-0.3, -0.25) is 0 Å². The second-order valence-electron chi connectivity index (χ2n) is 6.15. The quantitative estimate of drug-likeness (QED) is 0.703. The summed E-state index contributed by atoms with van der Waals surface area (Å²) in [5.41, 5.74) is 2.34. The third-order valence-electron chi connectivity index (χ3n) is 3.93. The van der Waals surface area contributed by atoms with Crippen LogP contribution in [0.2, 0.25) is 0 Å². The lowest BCUT2D eigenvalue weighted by Gasteiger charge is -2.26. The Hall–Kier alpha value is -3.03. The molecule has 0 fully saturated rings. The van der Waals surface area contributed by atoms with Crippen molar-refractivity contribution in [2.24, 2.45) is 0 Å². The summed E-state index contributed by atoms with van der Waals surface area (Å²) < 4.78 is 15.6. The minimum Gasteiger partial charge on any atom is -0.482 e. The van der Waals surface area contributed by atoms with Crippen LogP contribution in [-0.2, 0) is 19.1 Å². The van der Waals surface area contributed by atoms with Crippen molar-refractivity contribution in [3.63, 3.8) is 0 Å². The van der Waals surface area contributed by atoms with Crippen LogP contribution in [0.3, 0.4) is 0 Å². The van der Waals surface area contributed by atoms with E-state index in [1.165, 1.54) is 0 Å². The summed E-state index contributed by atoms with van der Waals surface area (Å²) in [5, 5.41) is 5.06. The van der Waals surface area contributed by atoms with Crippen LogP contribution in [0.25, 0.3) is 0 Å². The molecule has 0 bridgehead atoms. The number of aryl methyl sites for hydroxylation is 2. The van der Waals surface area contributed by atoms with E-state index < -0.39 is 24.0 Å². The number of carbonyl (C=O) groups excluding carboxylic acids is 3. The number of hydrogen-bond donors (Lipinski definition) is 2. The number of benzene rings is 1. The van der Waals surface area contributed by atoms with E-state index in [0.29, 0.717) is 5.75 Å². The van der Waals surface area contributed by atoms with Crippen molar-refractivity contribution in [3.05, 3.63) is 40.6 Å². The van der Waals surface area contributed by atoms with Gasteiger partial charge in [0.05, 0.1) is 23.9 Å². The Morgan fingerprint density at radius 2 is 1.93 bits per heavy atom. The van der Waals surface area contributed by atoms with Gasteiger partial charge >= 0.3 is 18.0 Å². The van der Waals surface area contributed by atoms with Crippen molar-refractivity contribution in [1.82, 2.24) is 10.6 Å². The fourth-order valence-electron chi connectivity index (χ4n) is 2.59. The third kappa shape index (κ3) is 5.47. The molecule has 8 nitrogen and oxygen atoms in total. The number of amides is 2. The molecule has 0 saturated carbocycles. The van der Waals surface area contributed by atoms with Gasteiger partial charge in [-0.2, -0.15) is 0 Å². The number of hydrogen-bond acceptors (Lipinski definition) is 6. The van der Waals surface area contributed by atoms with Gasteiger partial charge in [0.2, 0.25) is 0 Å². The predicted molar refractivity (Wildman–Crippen MR) is 97.2 cm³/mol. The summed E-state index contributed by atoms with van der Waals surface area (Å²) in [6, 6.07) is 4.65. The molecule has 2 rings (SSSR count). The van der Waals surface area contributed by atoms with E-state index >= 15 is 0 Å². The first-order valence-corrected chi connectivity index (χ1v) is 8.65. The lowest BCUT2D eigenvalue weighted by molar-refractivity contribution is -0.145. The van der Waals surface area contributed by atoms with Gasteiger partial charge in [-0.15, -0.1) is 0 Å². The van der Waals surface area contributed by atoms with E-state index in [-0.39, 0.29) is 31.1 Å². The summed E-state index contributed by atoms with van der Waals surface area (Å²) in [6.07, 6.45) is 0. The maximum Gasteiger partial charge on any atom is 0.344 e. The fourth-order valence-corrected chi connectivity index (χ4v) is 2.59. The van der Waals surface area contributed by atoms with Crippen molar-refractivity contribution in [1.29, 1.82) is 0 Å². The first kappa shape index (κ1) is 20.3. The Morgan fingerprint density at radius 3 is 2.63 bits per heavy atom. The van der Waals surface area contributed by atoms with Crippen LogP contribution in [0.15, 0.2) is 29.5 Å². The largest absolute Gasteiger partial charge is 0.482 e. The lowest BCUT2D eigenvalue weighted by Crippen LogP contribution is -2.50. The molecule has 0 spiro atoms. The smallest absolute Gasteiger partial charge is 0.344 e. The molecular weight excluding hydrogens is 352 g/mol. The van der Waals surface area contributed by atoms with Gasteiger partial charge in [0.25, 0.3) is 0 Å². The van der Waals surface area contributed by atoms with Crippen LogP contribution < -0.4 is 15.4 Å². The van der Waals surface area contributed by atoms with Crippen LogP contribution in [0.4, 0.5) is 4.79 Å². The molecule has 0 saturated heterocycles. The molecule has 27 heavy (non-hydrogen) atoms. The minimum atomic E-state index is -0.618. The molecule has 0 aromatic heterocycles. The zero-order chi connectivity index (χ0) is 20.0. The van der Waals surface area contributed by atoms with E-state index in [2.05, 4.69) is 10.6 Å². The zero-order valence-corrected chi connectivity index (χ0v) is 15.9. The van der Waals surface area contributed by atoms with Gasteiger partial charge in [-0.05, 0) is 44.9 Å². The van der Waals surface area contributed by atoms with Crippen LogP contribution in [-0.4, -0.2) is 43.8 Å². The molecule has 146 valence electrons. The van der Waals surface area contributed by atoms with E-state index in [0.717, 1.165) is 11.1 Å². The average Bonchev–Trinajstić information content (AvgIpc) is 2.60. The van der Waals surface area contributed by atoms with E-state index in [1.807, 2.05) is 32.0 Å². The van der Waals surface area contributed by atoms with E-state index in [9.17, 15) is 14.4 Å². The molecule has 0 unspecified atom stereocenters. The number of carbonyl (C=O) groups is 3. The van der Waals surface area contributed by atoms with Crippen LogP contribution >= 0.6 is 0 Å². The Balaban J connectivity index is 2.00. The van der Waals surface area contributed by atoms with E-state index in [4.69, 9.17) is 14.2 Å². The first-order valence-electron chi connectivity index (χ1n) is 8.65. The number of ether oxygens (including phenoxy) is 3. The maximum atomic E-state index is 12.1. The van der Waals surface area contributed by atoms with Crippen LogP contribution in [0.1, 0.15) is 25.0 Å². The zero-order valence-electron chi connectivity index (χ0n) is 15.9. The fraction of sp³-hybridized carbons (Fsp3) is 0.421. The molecule has 1 aromatic carbocycles. The maximum absolute atomic E-state index is 12.1. The van der Waals surface area contributed by atoms with Gasteiger partial charge in [0, 0.05) is 0 Å². The summed E-state index contributed by atoms with van der Waals surface area (Å²) in [4.78, 5) is 35.8. The van der Waals surface area contributed by atoms with Gasteiger partial charge in [-0.1, -0.05) is 12.1 Å². The standard InChI is InChI=1S/C19H24N2O6/c1-5-25-18(23)17-13(4)20-19(24)21-14(17)9-27-16(22)10-26-15-8-11(2)6-7-12(15)3/h6-8,13H,5,9-10H2,1-4H3,(H2,20,21,24)/t13-/m0/s1. The number of esters is 2. The summed E-state index contributed by atoms with van der Waals surface area (Å²) in [7, 11) is 0. The van der Waals surface area contributed by atoms with Crippen molar-refractivity contribution >= 4 is 18.0 Å². The normalized spacial score (nSPS) is 16.3. The molecule has 1 aromatic rings. The van der Waals surface area contributed by atoms with Crippen LogP contribution in [0.5, 0.6) is 5.75 Å². The number of nitrogens with one attached hydrogen (secondary N) is 2. The average molecular weight is 376 g/mol. The third-order valence-corrected chi connectivity index (χ3v) is 3.93. The van der Waals surface area contributed by atoms with E-state index in [1.54, 1.807) is 13.8 Å². The highest BCUT2D eigenvalue weighted by Crippen LogP contribution is 2.19. The molecule has 1 aliphatic rings. The van der Waals surface area contributed by atoms with Crippen molar-refractivity contribution < 1.29 is 28.6 Å². The second kappa shape index (κ2) is 9.07. The Labute approximate surface area is 157 Å². The molecule has 1 aliphatic heterocycles. The molecule has 0 aliphatic carbocycles. The Bertz CT molecular complexity index is 771. The van der Waals surface area contributed by atoms with Crippen LogP contribution in [0, 0.1) is 13.8 Å². The predicted octanol–water partition coefficient (Wildman–Crippen LogP) is 1.74. The van der Waals surface area contributed by atoms with Gasteiger partial charge in [0.15, 0.2) is 6.61 Å². The molecule has 0 radical (unpaired) electrons. The molecule has 2 amide bonds. The summed E-state index contributed by atoms with van der Waals surface area (Å²) in [5.74, 6) is -0.593. The van der Waals surface area contributed by atoms with Gasteiger partial charge in [0.1, 0.15) is 12.4 Å². The van der Waals surface area contributed by atoms with Gasteiger partial charge < -0.3 is 24.8 Å². The number of urea groups is 1. The highest BCUT2D eigenvalue weighted by Gasteiger charge is 2.30. The lowest BCUT2D eigenvalue weighted by atomic mass is 10.0. The summed E-state index contributed by atoms with van der Waals surface area (Å²) in [6.45, 7) is 6.78. The van der Waals surface area contributed by atoms with Crippen molar-refractivity contribution in [2.45, 2.75) is 33.7 Å². The summed E-state index contributed by atoms with van der Waals surface area (Å²) >= 11 is 0. The highest BCUT2D eigenvalue weighted by atomic mass is 16.6. The molecule has 2 N–H and O–H groups in total. The topological polar surface area (TPSA) is 103 Å². The SMILES string of the molecule is CCOC(=O)C1=C(COC(=O)COc2cc(C)ccc2C)NC(=O)N[C@H]1C. The minimum absolute atomic E-state index is 0.194. The molecule has 1 atom stereocenters. The second-order valence-corrected chi connectivity index (χ2v) is 6.15. The number of rotatable bonds is 7. The molecule has 1 heterocycles. The first-order chi connectivity index (χ1) is 12.8. The monoisotopic (exact) mass is 376 g/mol. The highest BCUT2D eigenvalue weighted by molar-refractivity contribution is 5.94. The van der Waals surface area contributed by atoms with Gasteiger partial charge in [-0.25, -0.2) is 14.4 Å². The Morgan fingerprint density at radius 1 is 1.19 bits per heavy atom. The molecule has 8 heteroatoms. The van der Waals surface area contributed by atoms with Crippen molar-refractivity contribution in [3.8, 4) is 5.75 Å². The Kier molecular flexibility index (Phi) is 6.81.